The number of nitrogens with one attached hydrogen (secondary N) is 5. The van der Waals surface area contributed by atoms with E-state index < -0.39 is 95.8 Å². The van der Waals surface area contributed by atoms with Gasteiger partial charge in [0.2, 0.25) is 53.2 Å². The molecule has 11 heterocycles. The molecule has 9 N–H and O–H groups in total. The van der Waals surface area contributed by atoms with Crippen LogP contribution in [-0.2, 0) is 89.0 Å². The Balaban J connectivity index is 0.000000150. The highest BCUT2D eigenvalue weighted by molar-refractivity contribution is 9.10. The first kappa shape index (κ1) is 111. The summed E-state index contributed by atoms with van der Waals surface area (Å²) in [6.07, 6.45) is -2.69. The Bertz CT molecular complexity index is 6620. The van der Waals surface area contributed by atoms with Crippen molar-refractivity contribution in [3.05, 3.63) is 267 Å². The molecule has 18 rings (SSSR count). The molecule has 39 heteroatoms. The molecule has 12 amide bonds. The summed E-state index contributed by atoms with van der Waals surface area (Å²) in [5.41, 5.74) is 21.8. The summed E-state index contributed by atoms with van der Waals surface area (Å²) in [6, 6.07) is 40.4. The van der Waals surface area contributed by atoms with E-state index in [1.165, 1.54) is 42.4 Å². The Labute approximate surface area is 900 Å². The van der Waals surface area contributed by atoms with Gasteiger partial charge in [0.05, 0.1) is 105 Å². The summed E-state index contributed by atoms with van der Waals surface area (Å²) in [4.78, 5) is 191. The first-order chi connectivity index (χ1) is 71.4. The van der Waals surface area contributed by atoms with Crippen molar-refractivity contribution in [1.82, 2.24) is 80.8 Å². The quantitative estimate of drug-likeness (QED) is 0.0231. The summed E-state index contributed by atoms with van der Waals surface area (Å²) in [5, 5.41) is 56.2. The molecular weight excluding hydrogens is 2080 g/mol. The fourth-order valence-corrected chi connectivity index (χ4v) is 24.3. The number of aliphatic hydroxyl groups excluding tert-OH is 4. The number of β-amino-alcohol motifs (C(OH)–C–C–N with tert-alkyl or cyclic N) is 4. The van der Waals surface area contributed by atoms with E-state index in [2.05, 4.69) is 62.4 Å². The lowest BCUT2D eigenvalue weighted by Gasteiger charge is -2.35. The van der Waals surface area contributed by atoms with Gasteiger partial charge in [-0.15, -0.1) is 45.3 Å². The van der Waals surface area contributed by atoms with Gasteiger partial charge in [0, 0.05) is 115 Å². The molecule has 12 atom stereocenters. The predicted octanol–water partition coefficient (Wildman–Crippen LogP) is 13.9. The van der Waals surface area contributed by atoms with Crippen molar-refractivity contribution >= 4 is 144 Å². The largest absolute Gasteiger partial charge is 0.391 e. The normalized spacial score (nSPS) is 19.4. The van der Waals surface area contributed by atoms with Gasteiger partial charge in [-0.05, 0) is 136 Å². The van der Waals surface area contributed by atoms with Gasteiger partial charge in [0.25, 0.3) is 17.7 Å². The molecule has 0 unspecified atom stereocenters. The maximum atomic E-state index is 14.4. The van der Waals surface area contributed by atoms with Crippen molar-refractivity contribution in [2.75, 3.05) is 26.2 Å². The molecule has 7 aromatic carbocycles. The zero-order chi connectivity index (χ0) is 108. The molecule has 7 aliphatic heterocycles. The Hall–Kier alpha value is -12.8. The third-order valence-corrected chi connectivity index (χ3v) is 32.7. The second-order valence-electron chi connectivity index (χ2n) is 41.0. The Morgan fingerprint density at radius 2 is 0.707 bits per heavy atom. The molecule has 11 aromatic rings. The van der Waals surface area contributed by atoms with Gasteiger partial charge in [-0.2, -0.15) is 0 Å². The number of carbonyl (C=O) groups is 12. The highest BCUT2D eigenvalue weighted by Gasteiger charge is 2.52. The molecule has 4 fully saturated rings. The van der Waals surface area contributed by atoms with E-state index in [-0.39, 0.29) is 154 Å². The minimum absolute atomic E-state index is 0.00756. The van der Waals surface area contributed by atoms with E-state index in [1.807, 2.05) is 227 Å². The molecule has 4 saturated heterocycles. The molecule has 0 saturated carbocycles. The highest BCUT2D eigenvalue weighted by atomic mass is 79.9. The number of halogens is 3. The van der Waals surface area contributed by atoms with E-state index in [0.29, 0.717) is 47.9 Å². The summed E-state index contributed by atoms with van der Waals surface area (Å²) >= 11 is 16.0. The van der Waals surface area contributed by atoms with E-state index >= 15 is 0 Å². The van der Waals surface area contributed by atoms with Gasteiger partial charge in [-0.25, -0.2) is 24.3 Å². The predicted molar refractivity (Wildman–Crippen MR) is 576 cm³/mol. The van der Waals surface area contributed by atoms with Gasteiger partial charge < -0.3 is 81.3 Å². The molecule has 0 spiro atoms. The standard InChI is InChI=1S/C29H31BrN4O4S.C29H31ClN4O4S.C29H31FN4O4S.C24H32N4O4S/c1-16(2)25(34-13-20-8-9-21(30)10-23(20)28(34)37)29(38)33-14-22(35)11-24(33)27(36)31-12-18-4-6-19(7-5-18)26-17(3)32-15-39-26;2*1-16(2)25(34-13-20-5-4-6-22(30)24(20)28(34)37)29(38)33-14-21(35)11-23(33)27(36)31-12-18-7-9-19(10-8-18)26-17(3)32-15-39-26;1-14-20(33-13-26-14)17-8-6-16(7-9-17)11-25-22(31)19-10-18(30)12-28(19)23(32)21(24(3,4)5)27-15(2)29/h4-10,15-16,22,24-25,35H,11-14H2,1-3H3,(H,31,36);2*4-10,15-16,21,23,25,35H,11-14H2,1-3H3,(H,31,36);6-9,13,18-19,21,30H,10-12H2,1-5H3,(H,25,31)(H,27,29)/t22-,24+,25+;2*21-,23+,25+;18-,19+,21-/m1111/s1. The maximum absolute atomic E-state index is 14.4. The molecule has 7 aliphatic rings. The van der Waals surface area contributed by atoms with Crippen molar-refractivity contribution in [3.8, 4) is 41.8 Å². The van der Waals surface area contributed by atoms with E-state index in [9.17, 15) is 82.4 Å². The minimum atomic E-state index is -0.896. The first-order valence-electron chi connectivity index (χ1n) is 50.0. The molecule has 0 bridgehead atoms. The summed E-state index contributed by atoms with van der Waals surface area (Å²) in [6.45, 7) is 28.0. The molecule has 4 aromatic heterocycles. The number of amides is 12. The highest BCUT2D eigenvalue weighted by Crippen LogP contribution is 2.40. The van der Waals surface area contributed by atoms with Crippen LogP contribution in [0.1, 0.15) is 188 Å². The number of aryl methyl sites for hydroxylation is 4. The second-order valence-corrected chi connectivity index (χ2v) is 45.8. The van der Waals surface area contributed by atoms with Gasteiger partial charge in [-0.1, -0.05) is 217 Å². The van der Waals surface area contributed by atoms with Gasteiger partial charge in [0.1, 0.15) is 54.2 Å². The van der Waals surface area contributed by atoms with Crippen LogP contribution in [0.4, 0.5) is 4.39 Å². The number of benzene rings is 7. The molecule has 0 radical (unpaired) electrons. The lowest BCUT2D eigenvalue weighted by atomic mass is 9.85. The number of likely N-dealkylation sites (tertiary alicyclic amines) is 4. The number of fused-ring (bicyclic) bond motifs is 3. The van der Waals surface area contributed by atoms with Crippen molar-refractivity contribution in [2.45, 2.75) is 241 Å². The number of hydrogen-bond acceptors (Lipinski definition) is 24. The fourth-order valence-electron chi connectivity index (χ4n) is 20.4. The SMILES string of the molecule is CC(=O)N[C@H](C(=O)N1C[C@H](O)C[C@H]1C(=O)NCc1ccc(-c2scnc2C)cc1)C(C)(C)C.Cc1ncsc1-c1ccc(CNC(=O)[C@@H]2C[C@@H](O)CN2C(=O)[C@H](C(C)C)N2Cc3ccc(Br)cc3C2=O)cc1.Cc1ncsc1-c1ccc(CNC(=O)[C@@H]2C[C@@H](O)CN2C(=O)[C@H](C(C)C)N2Cc3cccc(Cl)c3C2=O)cc1.Cc1ncsc1-c1ccc(CNC(=O)[C@@H]2C[C@@H](O)CN2C(=O)[C@H](C(C)C)N2Cc3cccc(F)c3C2=O)cc1. The van der Waals surface area contributed by atoms with E-state index in [0.717, 1.165) is 102 Å². The zero-order valence-electron chi connectivity index (χ0n) is 85.9. The summed E-state index contributed by atoms with van der Waals surface area (Å²) in [7, 11) is 0. The zero-order valence-corrected chi connectivity index (χ0v) is 91.5. The third-order valence-electron chi connectivity index (χ3n) is 28.0. The van der Waals surface area contributed by atoms with Crippen LogP contribution < -0.4 is 26.6 Å². The average Bonchev–Trinajstić information content (AvgIpc) is 1.62. The fraction of sp³-hybridized carbons (Fsp3) is 0.405. The van der Waals surface area contributed by atoms with Gasteiger partial charge in [-0.3, -0.25) is 57.5 Å². The Kier molecular flexibility index (Phi) is 35.8. The van der Waals surface area contributed by atoms with Crippen LogP contribution in [0.5, 0.6) is 0 Å². The molecular formula is C111H125BrClFN16O16S4. The molecule has 0 aliphatic carbocycles. The number of aliphatic hydroxyl groups is 4. The molecule has 150 heavy (non-hydrogen) atoms. The van der Waals surface area contributed by atoms with Crippen LogP contribution in [0.3, 0.4) is 0 Å². The number of carbonyl (C=O) groups excluding carboxylic acids is 12. The smallest absolute Gasteiger partial charge is 0.258 e. The second kappa shape index (κ2) is 48.3. The van der Waals surface area contributed by atoms with E-state index in [4.69, 9.17) is 11.6 Å². The van der Waals surface area contributed by atoms with Crippen molar-refractivity contribution < 1.29 is 82.4 Å². The number of thiazole rings is 4. The molecule has 32 nitrogen and oxygen atoms in total. The Morgan fingerprint density at radius 1 is 0.413 bits per heavy atom. The number of nitrogens with zero attached hydrogens (tertiary/aromatic N) is 11. The lowest BCUT2D eigenvalue weighted by Crippen LogP contribution is -2.57. The minimum Gasteiger partial charge on any atom is -0.391 e. The van der Waals surface area contributed by atoms with Gasteiger partial charge in [0.15, 0.2) is 0 Å². The van der Waals surface area contributed by atoms with Gasteiger partial charge >= 0.3 is 0 Å². The van der Waals surface area contributed by atoms with Crippen LogP contribution in [0, 0.1) is 56.7 Å². The van der Waals surface area contributed by atoms with Crippen LogP contribution in [-0.4, -0.2) is 244 Å². The van der Waals surface area contributed by atoms with Crippen LogP contribution in [0.25, 0.3) is 41.8 Å². The van der Waals surface area contributed by atoms with Crippen molar-refractivity contribution in [2.24, 2.45) is 23.2 Å². The topological polar surface area (TPSA) is 420 Å². The van der Waals surface area contributed by atoms with Crippen molar-refractivity contribution in [1.29, 1.82) is 0 Å². The maximum Gasteiger partial charge on any atom is 0.258 e. The Morgan fingerprint density at radius 3 is 0.993 bits per heavy atom. The number of rotatable bonds is 27. The molecule has 790 valence electrons. The lowest BCUT2D eigenvalue weighted by molar-refractivity contribution is -0.143. The van der Waals surface area contributed by atoms with Crippen LogP contribution in [0.2, 0.25) is 5.02 Å². The average molecular weight is 2200 g/mol. The third kappa shape index (κ3) is 25.3. The monoisotopic (exact) mass is 2200 g/mol. The summed E-state index contributed by atoms with van der Waals surface area (Å²) in [5.74, 6) is -5.41. The number of aromatic nitrogens is 4. The first-order valence-corrected chi connectivity index (χ1v) is 54.7. The summed E-state index contributed by atoms with van der Waals surface area (Å²) < 4.78 is 15.2. The van der Waals surface area contributed by atoms with Crippen molar-refractivity contribution in [3.63, 3.8) is 0 Å². The van der Waals surface area contributed by atoms with Crippen LogP contribution >= 0.6 is 72.9 Å². The number of hydrogen-bond donors (Lipinski definition) is 9. The van der Waals surface area contributed by atoms with E-state index in [1.54, 1.807) is 80.6 Å². The van der Waals surface area contributed by atoms with Crippen LogP contribution in [0.15, 0.2) is 178 Å².